The lowest BCUT2D eigenvalue weighted by Gasteiger charge is -2.20. The lowest BCUT2D eigenvalue weighted by Crippen LogP contribution is -2.49. The third-order valence-corrected chi connectivity index (χ3v) is 4.55. The summed E-state index contributed by atoms with van der Waals surface area (Å²) >= 11 is 0. The summed E-state index contributed by atoms with van der Waals surface area (Å²) in [6.45, 7) is 10.0. The monoisotopic (exact) mass is 355 g/mol. The van der Waals surface area contributed by atoms with Gasteiger partial charge in [0.05, 0.1) is 0 Å². The highest BCUT2D eigenvalue weighted by molar-refractivity contribution is 5.87. The van der Waals surface area contributed by atoms with Crippen molar-refractivity contribution in [1.29, 1.82) is 0 Å². The third-order valence-electron chi connectivity index (χ3n) is 4.55. The van der Waals surface area contributed by atoms with E-state index in [2.05, 4.69) is 47.2 Å². The van der Waals surface area contributed by atoms with E-state index in [4.69, 9.17) is 0 Å². The molecule has 5 heteroatoms. The summed E-state index contributed by atoms with van der Waals surface area (Å²) in [4.78, 5) is 23.6. The molecule has 0 radical (unpaired) electrons. The van der Waals surface area contributed by atoms with Crippen LogP contribution in [0.1, 0.15) is 37.7 Å². The minimum Gasteiger partial charge on any atom is -0.354 e. The summed E-state index contributed by atoms with van der Waals surface area (Å²) in [7, 11) is 0. The Morgan fingerprint density at radius 1 is 1.12 bits per heavy atom. The quantitative estimate of drug-likeness (QED) is 0.802. The van der Waals surface area contributed by atoms with Gasteiger partial charge in [-0.1, -0.05) is 32.0 Å². The maximum atomic E-state index is 12.4. The number of hydrogen-bond donors (Lipinski definition) is 2. The Morgan fingerprint density at radius 3 is 2.35 bits per heavy atom. The maximum Gasteiger partial charge on any atom is 0.242 e. The van der Waals surface area contributed by atoms with Crippen molar-refractivity contribution < 1.29 is 9.59 Å². The smallest absolute Gasteiger partial charge is 0.242 e. The van der Waals surface area contributed by atoms with Crippen LogP contribution in [0.3, 0.4) is 0 Å². The molecule has 1 aromatic heterocycles. The molecule has 2 aromatic rings. The van der Waals surface area contributed by atoms with Crippen LogP contribution in [0.5, 0.6) is 0 Å². The largest absolute Gasteiger partial charge is 0.354 e. The Labute approximate surface area is 155 Å². The molecule has 2 rings (SSSR count). The predicted molar refractivity (Wildman–Crippen MR) is 104 cm³/mol. The molecule has 5 nitrogen and oxygen atoms in total. The molecule has 0 unspecified atom stereocenters. The van der Waals surface area contributed by atoms with E-state index in [1.807, 2.05) is 32.0 Å². The van der Waals surface area contributed by atoms with Crippen LogP contribution in [0, 0.1) is 19.8 Å². The van der Waals surface area contributed by atoms with Crippen molar-refractivity contribution in [3.8, 4) is 5.69 Å². The summed E-state index contributed by atoms with van der Waals surface area (Å²) in [6, 6.07) is 11.9. The number of rotatable bonds is 7. The zero-order chi connectivity index (χ0) is 19.3. The molecular formula is C21H29N3O2. The summed E-state index contributed by atoms with van der Waals surface area (Å²) in [6.07, 6.45) is 0.753. The molecule has 2 amide bonds. The van der Waals surface area contributed by atoms with Crippen molar-refractivity contribution in [3.63, 3.8) is 0 Å². The average molecular weight is 355 g/mol. The summed E-state index contributed by atoms with van der Waals surface area (Å²) in [5.41, 5.74) is 4.72. The van der Waals surface area contributed by atoms with Crippen molar-refractivity contribution >= 4 is 11.8 Å². The van der Waals surface area contributed by atoms with Gasteiger partial charge in [-0.05, 0) is 49.9 Å². The van der Waals surface area contributed by atoms with Gasteiger partial charge in [0.1, 0.15) is 6.04 Å². The van der Waals surface area contributed by atoms with E-state index in [0.29, 0.717) is 6.54 Å². The van der Waals surface area contributed by atoms with E-state index >= 15 is 0 Å². The minimum atomic E-state index is -0.496. The van der Waals surface area contributed by atoms with Crippen LogP contribution in [0.15, 0.2) is 36.4 Å². The molecule has 1 aromatic carbocycles. The highest BCUT2D eigenvalue weighted by Crippen LogP contribution is 2.20. The van der Waals surface area contributed by atoms with Crippen molar-refractivity contribution in [2.75, 3.05) is 6.54 Å². The molecule has 2 N–H and O–H groups in total. The van der Waals surface area contributed by atoms with Gasteiger partial charge >= 0.3 is 0 Å². The fourth-order valence-electron chi connectivity index (χ4n) is 3.24. The first-order chi connectivity index (χ1) is 12.3. The maximum absolute atomic E-state index is 12.4. The van der Waals surface area contributed by atoms with Gasteiger partial charge in [0, 0.05) is 30.5 Å². The number of benzene rings is 1. The van der Waals surface area contributed by atoms with Gasteiger partial charge in [-0.3, -0.25) is 9.59 Å². The van der Waals surface area contributed by atoms with Crippen LogP contribution in [-0.4, -0.2) is 29.0 Å². The van der Waals surface area contributed by atoms with Crippen LogP contribution >= 0.6 is 0 Å². The van der Waals surface area contributed by atoms with E-state index in [0.717, 1.165) is 12.1 Å². The average Bonchev–Trinajstić information content (AvgIpc) is 2.86. The SMILES string of the molecule is CC(=O)N[C@H](C(=O)NCCc1cc(C)n(-c2ccccc2)c1C)C(C)C. The van der Waals surface area contributed by atoms with Gasteiger partial charge in [0.2, 0.25) is 11.8 Å². The summed E-state index contributed by atoms with van der Waals surface area (Å²) in [5, 5.41) is 5.67. The molecular weight excluding hydrogens is 326 g/mol. The number of aromatic nitrogens is 1. The molecule has 26 heavy (non-hydrogen) atoms. The Morgan fingerprint density at radius 2 is 1.77 bits per heavy atom. The second-order valence-corrected chi connectivity index (χ2v) is 7.03. The van der Waals surface area contributed by atoms with E-state index in [9.17, 15) is 9.59 Å². The number of nitrogens with one attached hydrogen (secondary N) is 2. The van der Waals surface area contributed by atoms with Crippen LogP contribution in [0.25, 0.3) is 5.69 Å². The van der Waals surface area contributed by atoms with E-state index in [1.54, 1.807) is 0 Å². The fourth-order valence-corrected chi connectivity index (χ4v) is 3.24. The number of nitrogens with zero attached hydrogens (tertiary/aromatic N) is 1. The van der Waals surface area contributed by atoms with Gasteiger partial charge < -0.3 is 15.2 Å². The van der Waals surface area contributed by atoms with Crippen LogP contribution in [0.4, 0.5) is 0 Å². The first kappa shape index (κ1) is 19.8. The molecule has 0 spiro atoms. The highest BCUT2D eigenvalue weighted by atomic mass is 16.2. The second-order valence-electron chi connectivity index (χ2n) is 7.03. The second kappa shape index (κ2) is 8.70. The van der Waals surface area contributed by atoms with E-state index < -0.39 is 6.04 Å². The normalized spacial score (nSPS) is 12.1. The number of hydrogen-bond acceptors (Lipinski definition) is 2. The molecule has 0 fully saturated rings. The van der Waals surface area contributed by atoms with Crippen molar-refractivity contribution in [2.45, 2.75) is 47.1 Å². The lowest BCUT2D eigenvalue weighted by molar-refractivity contribution is -0.129. The molecule has 1 heterocycles. The third kappa shape index (κ3) is 4.75. The topological polar surface area (TPSA) is 63.1 Å². The zero-order valence-corrected chi connectivity index (χ0v) is 16.3. The number of aryl methyl sites for hydroxylation is 1. The summed E-state index contributed by atoms with van der Waals surface area (Å²) < 4.78 is 2.23. The van der Waals surface area contributed by atoms with Crippen LogP contribution in [-0.2, 0) is 16.0 Å². The molecule has 0 bridgehead atoms. The molecule has 1 atom stereocenters. The highest BCUT2D eigenvalue weighted by Gasteiger charge is 2.22. The predicted octanol–water partition coefficient (Wildman–Crippen LogP) is 2.91. The summed E-state index contributed by atoms with van der Waals surface area (Å²) in [5.74, 6) is -0.278. The van der Waals surface area contributed by atoms with Crippen LogP contribution < -0.4 is 10.6 Å². The molecule has 0 saturated heterocycles. The van der Waals surface area contributed by atoms with Gasteiger partial charge in [0.15, 0.2) is 0 Å². The van der Waals surface area contributed by atoms with E-state index in [-0.39, 0.29) is 17.7 Å². The Kier molecular flexibility index (Phi) is 6.61. The number of amides is 2. The van der Waals surface area contributed by atoms with Gasteiger partial charge in [0.25, 0.3) is 0 Å². The molecule has 0 saturated carbocycles. The van der Waals surface area contributed by atoms with E-state index in [1.165, 1.54) is 23.9 Å². The Bertz CT molecular complexity index is 763. The van der Waals surface area contributed by atoms with Crippen molar-refractivity contribution in [3.05, 3.63) is 53.3 Å². The number of para-hydroxylation sites is 1. The lowest BCUT2D eigenvalue weighted by atomic mass is 10.0. The number of carbonyl (C=O) groups is 2. The molecule has 0 aliphatic rings. The fraction of sp³-hybridized carbons (Fsp3) is 0.429. The Balaban J connectivity index is 2.02. The first-order valence-corrected chi connectivity index (χ1v) is 9.09. The minimum absolute atomic E-state index is 0.0436. The van der Waals surface area contributed by atoms with Crippen molar-refractivity contribution in [1.82, 2.24) is 15.2 Å². The first-order valence-electron chi connectivity index (χ1n) is 9.09. The molecule has 140 valence electrons. The Hall–Kier alpha value is -2.56. The zero-order valence-electron chi connectivity index (χ0n) is 16.3. The number of carbonyl (C=O) groups excluding carboxylic acids is 2. The standard InChI is InChI=1S/C21H29N3O2/c1-14(2)20(23-17(5)25)21(26)22-12-11-18-13-15(3)24(16(18)4)19-9-7-6-8-10-19/h6-10,13-14,20H,11-12H2,1-5H3,(H,22,26)(H,23,25)/t20-/m0/s1. The molecule has 0 aliphatic heterocycles. The van der Waals surface area contributed by atoms with Gasteiger partial charge in [-0.2, -0.15) is 0 Å². The van der Waals surface area contributed by atoms with Gasteiger partial charge in [-0.25, -0.2) is 0 Å². The molecule has 0 aliphatic carbocycles. The van der Waals surface area contributed by atoms with Gasteiger partial charge in [-0.15, -0.1) is 0 Å². The van der Waals surface area contributed by atoms with Crippen LogP contribution in [0.2, 0.25) is 0 Å². The van der Waals surface area contributed by atoms with Crippen molar-refractivity contribution in [2.24, 2.45) is 5.92 Å².